The van der Waals surface area contributed by atoms with Crippen molar-refractivity contribution in [3.05, 3.63) is 45.9 Å². The number of hydrogen-bond acceptors (Lipinski definition) is 4. The maximum absolute atomic E-state index is 5.43. The summed E-state index contributed by atoms with van der Waals surface area (Å²) in [5.74, 6) is 2.11. The van der Waals surface area contributed by atoms with Crippen LogP contribution in [0.1, 0.15) is 11.1 Å². The quantitative estimate of drug-likeness (QED) is 0.901. The number of fused-ring (bicyclic) bond motifs is 1. The van der Waals surface area contributed by atoms with Crippen LogP contribution in [-0.2, 0) is 6.54 Å². The lowest BCUT2D eigenvalue weighted by atomic mass is 10.1. The molecule has 1 aliphatic rings. The zero-order valence-corrected chi connectivity index (χ0v) is 13.5. The number of methoxy groups -OCH3 is 1. The summed E-state index contributed by atoms with van der Waals surface area (Å²) >= 11 is 3.51. The fourth-order valence-corrected chi connectivity index (χ4v) is 2.94. The SMILES string of the molecule is COc1cc(CNc2cc(C)cc(Br)c2)cc2c1OCO2. The minimum Gasteiger partial charge on any atom is -0.493 e. The zero-order valence-electron chi connectivity index (χ0n) is 11.9. The van der Waals surface area contributed by atoms with Crippen molar-refractivity contribution >= 4 is 21.6 Å². The van der Waals surface area contributed by atoms with E-state index in [-0.39, 0.29) is 6.79 Å². The van der Waals surface area contributed by atoms with Crippen LogP contribution in [-0.4, -0.2) is 13.9 Å². The molecule has 0 amide bonds. The Kier molecular flexibility index (Phi) is 3.92. The van der Waals surface area contributed by atoms with Crippen molar-refractivity contribution in [3.63, 3.8) is 0 Å². The number of hydrogen-bond donors (Lipinski definition) is 1. The number of benzene rings is 2. The van der Waals surface area contributed by atoms with Crippen LogP contribution < -0.4 is 19.5 Å². The average molecular weight is 350 g/mol. The summed E-state index contributed by atoms with van der Waals surface area (Å²) in [4.78, 5) is 0. The highest BCUT2D eigenvalue weighted by Gasteiger charge is 2.19. The van der Waals surface area contributed by atoms with E-state index in [1.54, 1.807) is 7.11 Å². The molecule has 0 atom stereocenters. The van der Waals surface area contributed by atoms with Gasteiger partial charge in [0.2, 0.25) is 12.5 Å². The molecule has 0 radical (unpaired) electrons. The molecule has 0 aromatic heterocycles. The van der Waals surface area contributed by atoms with E-state index in [2.05, 4.69) is 46.4 Å². The fourth-order valence-electron chi connectivity index (χ4n) is 2.33. The molecule has 1 N–H and O–H groups in total. The second-order valence-corrected chi connectivity index (χ2v) is 5.82. The molecule has 2 aromatic carbocycles. The van der Waals surface area contributed by atoms with E-state index in [4.69, 9.17) is 14.2 Å². The number of rotatable bonds is 4. The zero-order chi connectivity index (χ0) is 14.8. The van der Waals surface area contributed by atoms with E-state index in [0.717, 1.165) is 21.5 Å². The van der Waals surface area contributed by atoms with Crippen molar-refractivity contribution in [2.45, 2.75) is 13.5 Å². The molecule has 110 valence electrons. The van der Waals surface area contributed by atoms with E-state index >= 15 is 0 Å². The van der Waals surface area contributed by atoms with E-state index < -0.39 is 0 Å². The summed E-state index contributed by atoms with van der Waals surface area (Å²) in [5, 5.41) is 3.40. The molecule has 1 aliphatic heterocycles. The summed E-state index contributed by atoms with van der Waals surface area (Å²) in [6, 6.07) is 10.2. The molecule has 4 nitrogen and oxygen atoms in total. The maximum atomic E-state index is 5.43. The standard InChI is InChI=1S/C16H16BrNO3/c1-10-3-12(17)7-13(4-10)18-8-11-5-14(19-2)16-15(6-11)20-9-21-16/h3-7,18H,8-9H2,1-2H3. The minimum absolute atomic E-state index is 0.243. The number of nitrogens with one attached hydrogen (secondary N) is 1. The summed E-state index contributed by atoms with van der Waals surface area (Å²) in [6.45, 7) is 3.00. The van der Waals surface area contributed by atoms with Gasteiger partial charge < -0.3 is 19.5 Å². The van der Waals surface area contributed by atoms with Crippen molar-refractivity contribution < 1.29 is 14.2 Å². The van der Waals surface area contributed by atoms with Gasteiger partial charge in [-0.3, -0.25) is 0 Å². The van der Waals surface area contributed by atoms with Gasteiger partial charge in [0.15, 0.2) is 11.5 Å². The molecule has 0 saturated carbocycles. The molecule has 0 aliphatic carbocycles. The third-order valence-electron chi connectivity index (χ3n) is 3.26. The third-order valence-corrected chi connectivity index (χ3v) is 3.71. The van der Waals surface area contributed by atoms with Crippen molar-refractivity contribution in [1.29, 1.82) is 0 Å². The van der Waals surface area contributed by atoms with Crippen molar-refractivity contribution in [1.82, 2.24) is 0 Å². The van der Waals surface area contributed by atoms with Crippen LogP contribution in [0.3, 0.4) is 0 Å². The number of halogens is 1. The minimum atomic E-state index is 0.243. The van der Waals surface area contributed by atoms with Crippen LogP contribution in [0.5, 0.6) is 17.2 Å². The Morgan fingerprint density at radius 1 is 1.19 bits per heavy atom. The largest absolute Gasteiger partial charge is 0.493 e. The van der Waals surface area contributed by atoms with Gasteiger partial charge in [-0.15, -0.1) is 0 Å². The first kappa shape index (κ1) is 14.1. The summed E-state index contributed by atoms with van der Waals surface area (Å²) in [5.41, 5.74) is 3.35. The highest BCUT2D eigenvalue weighted by Crippen LogP contribution is 2.41. The Morgan fingerprint density at radius 2 is 2.05 bits per heavy atom. The molecule has 0 saturated heterocycles. The lowest BCUT2D eigenvalue weighted by Crippen LogP contribution is -2.00. The topological polar surface area (TPSA) is 39.7 Å². The van der Waals surface area contributed by atoms with Gasteiger partial charge in [0.25, 0.3) is 0 Å². The molecule has 0 bridgehead atoms. The van der Waals surface area contributed by atoms with Crippen LogP contribution in [0.2, 0.25) is 0 Å². The molecule has 21 heavy (non-hydrogen) atoms. The fraction of sp³-hybridized carbons (Fsp3) is 0.250. The Balaban J connectivity index is 1.79. The van der Waals surface area contributed by atoms with Gasteiger partial charge in [-0.1, -0.05) is 15.9 Å². The molecule has 0 spiro atoms. The highest BCUT2D eigenvalue weighted by molar-refractivity contribution is 9.10. The lowest BCUT2D eigenvalue weighted by Gasteiger charge is -2.11. The number of anilines is 1. The van der Waals surface area contributed by atoms with Crippen LogP contribution in [0.25, 0.3) is 0 Å². The molecule has 0 unspecified atom stereocenters. The van der Waals surface area contributed by atoms with Crippen molar-refractivity contribution in [3.8, 4) is 17.2 Å². The van der Waals surface area contributed by atoms with Gasteiger partial charge in [-0.25, -0.2) is 0 Å². The van der Waals surface area contributed by atoms with Crippen LogP contribution >= 0.6 is 15.9 Å². The predicted molar refractivity (Wildman–Crippen MR) is 85.3 cm³/mol. The van der Waals surface area contributed by atoms with E-state index in [9.17, 15) is 0 Å². The van der Waals surface area contributed by atoms with E-state index in [0.29, 0.717) is 18.0 Å². The van der Waals surface area contributed by atoms with Crippen molar-refractivity contribution in [2.24, 2.45) is 0 Å². The van der Waals surface area contributed by atoms with Crippen molar-refractivity contribution in [2.75, 3.05) is 19.2 Å². The Morgan fingerprint density at radius 3 is 2.81 bits per heavy atom. The smallest absolute Gasteiger partial charge is 0.231 e. The van der Waals surface area contributed by atoms with Crippen LogP contribution in [0, 0.1) is 6.92 Å². The third kappa shape index (κ3) is 3.08. The lowest BCUT2D eigenvalue weighted by molar-refractivity contribution is 0.171. The molecular formula is C16H16BrNO3. The monoisotopic (exact) mass is 349 g/mol. The molecule has 2 aromatic rings. The summed E-state index contributed by atoms with van der Waals surface area (Å²) in [6.07, 6.45) is 0. The second kappa shape index (κ2) is 5.85. The van der Waals surface area contributed by atoms with E-state index in [1.807, 2.05) is 12.1 Å². The summed E-state index contributed by atoms with van der Waals surface area (Å²) < 4.78 is 17.2. The van der Waals surface area contributed by atoms with E-state index in [1.165, 1.54) is 5.56 Å². The van der Waals surface area contributed by atoms with Gasteiger partial charge in [-0.2, -0.15) is 0 Å². The Labute approximate surface area is 132 Å². The Hall–Kier alpha value is -1.88. The van der Waals surface area contributed by atoms with Crippen LogP contribution in [0.4, 0.5) is 5.69 Å². The summed E-state index contributed by atoms with van der Waals surface area (Å²) in [7, 11) is 1.63. The van der Waals surface area contributed by atoms with Crippen LogP contribution in [0.15, 0.2) is 34.8 Å². The first-order valence-corrected chi connectivity index (χ1v) is 7.42. The number of aryl methyl sites for hydroxylation is 1. The molecule has 3 rings (SSSR count). The average Bonchev–Trinajstić information content (AvgIpc) is 2.91. The van der Waals surface area contributed by atoms with Gasteiger partial charge in [0.1, 0.15) is 0 Å². The Bertz CT molecular complexity index is 653. The predicted octanol–water partition coefficient (Wildman–Crippen LogP) is 4.11. The normalized spacial score (nSPS) is 12.3. The first-order chi connectivity index (χ1) is 10.2. The molecule has 0 fully saturated rings. The number of ether oxygens (including phenoxy) is 3. The van der Waals surface area contributed by atoms with Gasteiger partial charge in [0, 0.05) is 16.7 Å². The molecule has 5 heteroatoms. The van der Waals surface area contributed by atoms with Gasteiger partial charge in [-0.05, 0) is 48.4 Å². The maximum Gasteiger partial charge on any atom is 0.231 e. The second-order valence-electron chi connectivity index (χ2n) is 4.90. The first-order valence-electron chi connectivity index (χ1n) is 6.63. The molecular weight excluding hydrogens is 334 g/mol. The van der Waals surface area contributed by atoms with Gasteiger partial charge in [0.05, 0.1) is 7.11 Å². The highest BCUT2D eigenvalue weighted by atomic mass is 79.9. The molecule has 1 heterocycles. The van der Waals surface area contributed by atoms with Gasteiger partial charge >= 0.3 is 0 Å².